The number of aromatic nitrogens is 4. The van der Waals surface area contributed by atoms with E-state index >= 15 is 0 Å². The molecule has 1 N–H and O–H groups in total. The van der Waals surface area contributed by atoms with Crippen LogP contribution in [0, 0.1) is 5.82 Å². The van der Waals surface area contributed by atoms with Crippen LogP contribution >= 0.6 is 11.6 Å². The van der Waals surface area contributed by atoms with E-state index in [0.29, 0.717) is 29.8 Å². The van der Waals surface area contributed by atoms with Gasteiger partial charge in [-0.3, -0.25) is 4.57 Å². The highest BCUT2D eigenvalue weighted by Gasteiger charge is 2.28. The zero-order valence-electron chi connectivity index (χ0n) is 11.2. The summed E-state index contributed by atoms with van der Waals surface area (Å²) in [5.41, 5.74) is 1.16. The molecule has 3 aromatic rings. The van der Waals surface area contributed by atoms with Crippen LogP contribution < -0.4 is 10.4 Å². The van der Waals surface area contributed by atoms with Crippen LogP contribution in [-0.2, 0) is 0 Å². The molecule has 1 aromatic carbocycles. The smallest absolute Gasteiger partial charge is 0.328 e. The molecule has 0 bridgehead atoms. The summed E-state index contributed by atoms with van der Waals surface area (Å²) >= 11 is 5.83. The average Bonchev–Trinajstić information content (AvgIpc) is 2.82. The fourth-order valence-corrected chi connectivity index (χ4v) is 2.95. The van der Waals surface area contributed by atoms with Crippen molar-refractivity contribution >= 4 is 22.8 Å². The Bertz CT molecular complexity index is 936. The molecule has 1 aliphatic rings. The average molecular weight is 321 g/mol. The Hall–Kier alpha value is -2.41. The maximum atomic E-state index is 13.9. The van der Waals surface area contributed by atoms with Gasteiger partial charge in [0.05, 0.1) is 18.8 Å². The third kappa shape index (κ3) is 1.89. The van der Waals surface area contributed by atoms with E-state index in [2.05, 4.69) is 15.0 Å². The third-order valence-electron chi connectivity index (χ3n) is 3.73. The van der Waals surface area contributed by atoms with Crippen molar-refractivity contribution in [1.82, 2.24) is 19.5 Å². The van der Waals surface area contributed by atoms with Gasteiger partial charge in [0.15, 0.2) is 17.2 Å². The van der Waals surface area contributed by atoms with Crippen LogP contribution in [0.15, 0.2) is 29.2 Å². The number of para-hydroxylation sites is 1. The van der Waals surface area contributed by atoms with E-state index in [1.807, 2.05) is 0 Å². The molecule has 0 unspecified atom stereocenters. The second-order valence-corrected chi connectivity index (χ2v) is 5.33. The van der Waals surface area contributed by atoms with Gasteiger partial charge < -0.3 is 9.72 Å². The Kier molecular flexibility index (Phi) is 2.90. The highest BCUT2D eigenvalue weighted by molar-refractivity contribution is 6.28. The van der Waals surface area contributed by atoms with Crippen molar-refractivity contribution in [3.8, 4) is 5.75 Å². The molecule has 0 fully saturated rings. The van der Waals surface area contributed by atoms with Crippen LogP contribution in [0.25, 0.3) is 11.2 Å². The van der Waals surface area contributed by atoms with Crippen molar-refractivity contribution < 1.29 is 9.13 Å². The quantitative estimate of drug-likeness (QED) is 0.698. The molecule has 0 saturated heterocycles. The number of nitrogens with zero attached hydrogens (tertiary/aromatic N) is 3. The summed E-state index contributed by atoms with van der Waals surface area (Å²) in [6.07, 6.45) is 1.99. The molecular formula is C14H10ClFN4O2. The number of nitrogens with one attached hydrogen (secondary N) is 1. The third-order valence-corrected chi connectivity index (χ3v) is 3.92. The lowest BCUT2D eigenvalue weighted by atomic mass is 10.00. The lowest BCUT2D eigenvalue weighted by Gasteiger charge is -2.26. The first-order valence-electron chi connectivity index (χ1n) is 6.69. The SMILES string of the molecule is O=c1[nH]c2cnc(Cl)nc2n1[C@@H]1CCOc2c(F)cccc21. The number of fused-ring (bicyclic) bond motifs is 2. The van der Waals surface area contributed by atoms with Gasteiger partial charge in [-0.25, -0.2) is 14.2 Å². The topological polar surface area (TPSA) is 72.8 Å². The van der Waals surface area contributed by atoms with Gasteiger partial charge in [-0.2, -0.15) is 4.98 Å². The summed E-state index contributed by atoms with van der Waals surface area (Å²) in [4.78, 5) is 23.0. The molecule has 2 aromatic heterocycles. The number of rotatable bonds is 1. The van der Waals surface area contributed by atoms with Gasteiger partial charge in [-0.15, -0.1) is 0 Å². The second kappa shape index (κ2) is 4.81. The molecule has 4 rings (SSSR count). The Morgan fingerprint density at radius 3 is 3.18 bits per heavy atom. The van der Waals surface area contributed by atoms with Gasteiger partial charge in [-0.05, 0) is 17.7 Å². The minimum Gasteiger partial charge on any atom is -0.490 e. The summed E-state index contributed by atoms with van der Waals surface area (Å²) in [7, 11) is 0. The minimum atomic E-state index is -0.442. The number of halogens is 2. The van der Waals surface area contributed by atoms with E-state index < -0.39 is 5.82 Å². The zero-order valence-corrected chi connectivity index (χ0v) is 12.0. The summed E-state index contributed by atoms with van der Waals surface area (Å²) < 4.78 is 20.8. The number of benzene rings is 1. The Labute approximate surface area is 128 Å². The molecule has 0 amide bonds. The van der Waals surface area contributed by atoms with Crippen molar-refractivity contribution in [2.75, 3.05) is 6.61 Å². The molecule has 0 spiro atoms. The predicted octanol–water partition coefficient (Wildman–Crippen LogP) is 2.28. The molecular weight excluding hydrogens is 311 g/mol. The molecule has 1 aliphatic heterocycles. The lowest BCUT2D eigenvalue weighted by molar-refractivity contribution is 0.244. The van der Waals surface area contributed by atoms with Gasteiger partial charge in [0, 0.05) is 12.0 Å². The van der Waals surface area contributed by atoms with Crippen molar-refractivity contribution in [2.45, 2.75) is 12.5 Å². The van der Waals surface area contributed by atoms with Gasteiger partial charge in [0.1, 0.15) is 5.52 Å². The Morgan fingerprint density at radius 2 is 2.32 bits per heavy atom. The molecule has 22 heavy (non-hydrogen) atoms. The van der Waals surface area contributed by atoms with E-state index in [0.717, 1.165) is 0 Å². The highest BCUT2D eigenvalue weighted by Crippen LogP contribution is 2.36. The van der Waals surface area contributed by atoms with Crippen molar-refractivity contribution in [1.29, 1.82) is 0 Å². The Balaban J connectivity index is 1.98. The van der Waals surface area contributed by atoms with Crippen LogP contribution in [0.4, 0.5) is 4.39 Å². The van der Waals surface area contributed by atoms with Crippen LogP contribution in [0.5, 0.6) is 5.75 Å². The van der Waals surface area contributed by atoms with Gasteiger partial charge in [0.25, 0.3) is 0 Å². The van der Waals surface area contributed by atoms with Crippen molar-refractivity contribution in [3.63, 3.8) is 0 Å². The molecule has 8 heteroatoms. The maximum absolute atomic E-state index is 13.9. The van der Waals surface area contributed by atoms with Crippen LogP contribution in [0.3, 0.4) is 0 Å². The first-order valence-corrected chi connectivity index (χ1v) is 7.07. The highest BCUT2D eigenvalue weighted by atomic mass is 35.5. The lowest BCUT2D eigenvalue weighted by Crippen LogP contribution is -2.28. The Morgan fingerprint density at radius 1 is 1.45 bits per heavy atom. The minimum absolute atomic E-state index is 0.0479. The number of hydrogen-bond acceptors (Lipinski definition) is 4. The number of aromatic amines is 1. The van der Waals surface area contributed by atoms with E-state index in [9.17, 15) is 9.18 Å². The van der Waals surface area contributed by atoms with Gasteiger partial charge in [0.2, 0.25) is 5.28 Å². The van der Waals surface area contributed by atoms with Crippen molar-refractivity contribution in [3.05, 3.63) is 51.5 Å². The number of H-pyrrole nitrogens is 1. The largest absolute Gasteiger partial charge is 0.490 e. The summed E-state index contributed by atoms with van der Waals surface area (Å²) in [6, 6.07) is 4.30. The first kappa shape index (κ1) is 13.3. The number of hydrogen-bond donors (Lipinski definition) is 1. The maximum Gasteiger partial charge on any atom is 0.328 e. The van der Waals surface area contributed by atoms with E-state index in [4.69, 9.17) is 16.3 Å². The van der Waals surface area contributed by atoms with Gasteiger partial charge in [-0.1, -0.05) is 12.1 Å². The molecule has 1 atom stereocenters. The number of ether oxygens (including phenoxy) is 1. The van der Waals surface area contributed by atoms with E-state index in [1.54, 1.807) is 12.1 Å². The monoisotopic (exact) mass is 320 g/mol. The molecule has 0 radical (unpaired) electrons. The number of imidazole rings is 1. The fraction of sp³-hybridized carbons (Fsp3) is 0.214. The zero-order chi connectivity index (χ0) is 15.3. The molecule has 0 aliphatic carbocycles. The fourth-order valence-electron chi connectivity index (χ4n) is 2.82. The van der Waals surface area contributed by atoms with Gasteiger partial charge >= 0.3 is 5.69 Å². The van der Waals surface area contributed by atoms with Crippen LogP contribution in [0.2, 0.25) is 5.28 Å². The summed E-state index contributed by atoms with van der Waals surface area (Å²) in [6.45, 7) is 0.316. The molecule has 3 heterocycles. The van der Waals surface area contributed by atoms with Crippen molar-refractivity contribution in [2.24, 2.45) is 0 Å². The van der Waals surface area contributed by atoms with E-state index in [-0.39, 0.29) is 22.8 Å². The first-order chi connectivity index (χ1) is 10.6. The predicted molar refractivity (Wildman–Crippen MR) is 77.8 cm³/mol. The van der Waals surface area contributed by atoms with Crippen LogP contribution in [0.1, 0.15) is 18.0 Å². The van der Waals surface area contributed by atoms with Crippen LogP contribution in [-0.4, -0.2) is 26.1 Å². The molecule has 0 saturated carbocycles. The standard InChI is InChI=1S/C14H10ClFN4O2/c15-13-17-6-9-12(19-13)20(14(21)18-9)10-4-5-22-11-7(10)2-1-3-8(11)16/h1-3,6,10H,4-5H2,(H,18,21)/t10-/m1/s1. The summed E-state index contributed by atoms with van der Waals surface area (Å²) in [5, 5.41) is 0.0479. The normalized spacial score (nSPS) is 17.3. The second-order valence-electron chi connectivity index (χ2n) is 4.99. The molecule has 112 valence electrons. The summed E-state index contributed by atoms with van der Waals surface area (Å²) in [5.74, 6) is -0.261. The van der Waals surface area contributed by atoms with E-state index in [1.165, 1.54) is 16.8 Å². The molecule has 6 nitrogen and oxygen atoms in total.